The second-order valence-corrected chi connectivity index (χ2v) is 4.55. The Morgan fingerprint density at radius 3 is 2.68 bits per heavy atom. The fraction of sp³-hybridized carbons (Fsp3) is 0.571. The van der Waals surface area contributed by atoms with Gasteiger partial charge in [0.15, 0.2) is 11.6 Å². The van der Waals surface area contributed by atoms with Crippen molar-refractivity contribution in [2.45, 2.75) is 25.8 Å². The first-order valence-corrected chi connectivity index (χ1v) is 6.62. The number of halogens is 2. The quantitative estimate of drug-likeness (QED) is 0.761. The van der Waals surface area contributed by atoms with Crippen LogP contribution in [0.15, 0.2) is 18.2 Å². The van der Waals surface area contributed by atoms with Gasteiger partial charge in [-0.05, 0) is 32.0 Å². The van der Waals surface area contributed by atoms with Crippen LogP contribution in [0.2, 0.25) is 0 Å². The van der Waals surface area contributed by atoms with E-state index >= 15 is 0 Å². The Bertz CT molecular complexity index is 388. The summed E-state index contributed by atoms with van der Waals surface area (Å²) in [6.45, 7) is 4.50. The zero-order valence-corrected chi connectivity index (χ0v) is 11.3. The lowest BCUT2D eigenvalue weighted by molar-refractivity contribution is 0.225. The minimum Gasteiger partial charge on any atom is -0.396 e. The molecule has 1 aromatic rings. The van der Waals surface area contributed by atoms with Gasteiger partial charge in [0.1, 0.15) is 0 Å². The van der Waals surface area contributed by atoms with Crippen LogP contribution in [0, 0.1) is 11.6 Å². The van der Waals surface area contributed by atoms with Gasteiger partial charge in [0.05, 0.1) is 0 Å². The summed E-state index contributed by atoms with van der Waals surface area (Å²) < 4.78 is 26.7. The molecule has 0 aliphatic carbocycles. The maximum atomic E-state index is 13.6. The molecule has 0 bridgehead atoms. The topological polar surface area (TPSA) is 49.5 Å². The van der Waals surface area contributed by atoms with Crippen LogP contribution in [0.4, 0.5) is 8.78 Å². The number of aliphatic hydroxyl groups is 1. The van der Waals surface area contributed by atoms with Crippen LogP contribution >= 0.6 is 0 Å². The van der Waals surface area contributed by atoms with E-state index in [1.54, 1.807) is 0 Å². The molecule has 1 unspecified atom stereocenters. The van der Waals surface area contributed by atoms with Crippen molar-refractivity contribution in [1.29, 1.82) is 0 Å². The van der Waals surface area contributed by atoms with Gasteiger partial charge >= 0.3 is 0 Å². The Morgan fingerprint density at radius 2 is 2.05 bits per heavy atom. The lowest BCUT2D eigenvalue weighted by atomic mass is 10.0. The molecule has 0 saturated heterocycles. The molecule has 0 aromatic heterocycles. The van der Waals surface area contributed by atoms with E-state index in [9.17, 15) is 8.78 Å². The van der Waals surface area contributed by atoms with Crippen LogP contribution in [0.3, 0.4) is 0 Å². The van der Waals surface area contributed by atoms with E-state index in [0.717, 1.165) is 19.2 Å². The Hall–Kier alpha value is -1.04. The van der Waals surface area contributed by atoms with Gasteiger partial charge in [-0.2, -0.15) is 0 Å². The summed E-state index contributed by atoms with van der Waals surface area (Å²) in [6.07, 6.45) is 1.26. The van der Waals surface area contributed by atoms with Crippen LogP contribution in [0.5, 0.6) is 0 Å². The van der Waals surface area contributed by atoms with Gasteiger partial charge in [-0.3, -0.25) is 0 Å². The minimum absolute atomic E-state index is 0.154. The van der Waals surface area contributed by atoms with Crippen molar-refractivity contribution in [3.8, 4) is 0 Å². The highest BCUT2D eigenvalue weighted by molar-refractivity contribution is 5.22. The zero-order valence-electron chi connectivity index (χ0n) is 11.3. The molecule has 0 fully saturated rings. The molecular formula is C14H22F2N2O. The maximum absolute atomic E-state index is 13.6. The van der Waals surface area contributed by atoms with Gasteiger partial charge in [-0.1, -0.05) is 19.1 Å². The van der Waals surface area contributed by atoms with E-state index in [1.165, 1.54) is 12.1 Å². The van der Waals surface area contributed by atoms with Crippen molar-refractivity contribution in [3.05, 3.63) is 35.4 Å². The summed E-state index contributed by atoms with van der Waals surface area (Å²) in [7, 11) is 0. The highest BCUT2D eigenvalue weighted by atomic mass is 19.2. The molecule has 0 aliphatic heterocycles. The SMILES string of the molecule is CCN(CCCO)CCC(N)c1cccc(F)c1F. The summed E-state index contributed by atoms with van der Waals surface area (Å²) in [5.41, 5.74) is 6.13. The molecule has 5 heteroatoms. The number of benzene rings is 1. The minimum atomic E-state index is -0.861. The van der Waals surface area contributed by atoms with E-state index in [0.29, 0.717) is 19.4 Å². The molecule has 3 N–H and O–H groups in total. The predicted molar refractivity (Wildman–Crippen MR) is 71.7 cm³/mol. The standard InChI is InChI=1S/C14H22F2N2O/c1-2-18(8-4-10-19)9-7-13(17)11-5-3-6-12(15)14(11)16/h3,5-6,13,19H,2,4,7-10,17H2,1H3. The van der Waals surface area contributed by atoms with Crippen LogP contribution < -0.4 is 5.73 Å². The van der Waals surface area contributed by atoms with Crippen molar-refractivity contribution in [1.82, 2.24) is 4.90 Å². The van der Waals surface area contributed by atoms with E-state index in [-0.39, 0.29) is 12.2 Å². The second-order valence-electron chi connectivity index (χ2n) is 4.55. The molecule has 0 radical (unpaired) electrons. The van der Waals surface area contributed by atoms with Crippen molar-refractivity contribution < 1.29 is 13.9 Å². The van der Waals surface area contributed by atoms with Gasteiger partial charge < -0.3 is 15.7 Å². The average molecular weight is 272 g/mol. The summed E-state index contributed by atoms with van der Waals surface area (Å²) in [4.78, 5) is 2.13. The molecule has 19 heavy (non-hydrogen) atoms. The van der Waals surface area contributed by atoms with Crippen LogP contribution in [-0.2, 0) is 0 Å². The number of hydrogen-bond donors (Lipinski definition) is 2. The van der Waals surface area contributed by atoms with E-state index in [4.69, 9.17) is 10.8 Å². The molecule has 1 atom stereocenters. The van der Waals surface area contributed by atoms with Gasteiger partial charge in [-0.15, -0.1) is 0 Å². The van der Waals surface area contributed by atoms with E-state index in [1.807, 2.05) is 6.92 Å². The second kappa shape index (κ2) is 8.19. The van der Waals surface area contributed by atoms with Crippen molar-refractivity contribution in [2.75, 3.05) is 26.2 Å². The van der Waals surface area contributed by atoms with Crippen LogP contribution in [0.1, 0.15) is 31.4 Å². The number of aliphatic hydroxyl groups excluding tert-OH is 1. The molecule has 1 aromatic carbocycles. The lowest BCUT2D eigenvalue weighted by Crippen LogP contribution is -2.29. The smallest absolute Gasteiger partial charge is 0.163 e. The summed E-state index contributed by atoms with van der Waals surface area (Å²) in [5.74, 6) is -1.71. The predicted octanol–water partition coefficient (Wildman–Crippen LogP) is 2.06. The first kappa shape index (κ1) is 16.0. The molecule has 0 spiro atoms. The highest BCUT2D eigenvalue weighted by Gasteiger charge is 2.15. The largest absolute Gasteiger partial charge is 0.396 e. The first-order valence-electron chi connectivity index (χ1n) is 6.62. The van der Waals surface area contributed by atoms with Gasteiger partial charge in [-0.25, -0.2) is 8.78 Å². The molecule has 1 rings (SSSR count). The number of rotatable bonds is 8. The Morgan fingerprint density at radius 1 is 1.32 bits per heavy atom. The molecular weight excluding hydrogens is 250 g/mol. The zero-order chi connectivity index (χ0) is 14.3. The normalized spacial score (nSPS) is 12.9. The Balaban J connectivity index is 2.54. The fourth-order valence-corrected chi connectivity index (χ4v) is 2.01. The first-order chi connectivity index (χ1) is 9.10. The number of hydrogen-bond acceptors (Lipinski definition) is 3. The molecule has 0 amide bonds. The van der Waals surface area contributed by atoms with Crippen molar-refractivity contribution in [3.63, 3.8) is 0 Å². The molecule has 3 nitrogen and oxygen atoms in total. The third-order valence-corrected chi connectivity index (χ3v) is 3.22. The van der Waals surface area contributed by atoms with Crippen molar-refractivity contribution in [2.24, 2.45) is 5.73 Å². The van der Waals surface area contributed by atoms with Gasteiger partial charge in [0, 0.05) is 24.8 Å². The Kier molecular flexibility index (Phi) is 6.91. The number of nitrogens with two attached hydrogens (primary N) is 1. The van der Waals surface area contributed by atoms with Crippen molar-refractivity contribution >= 4 is 0 Å². The summed E-state index contributed by atoms with van der Waals surface area (Å²) >= 11 is 0. The maximum Gasteiger partial charge on any atom is 0.163 e. The average Bonchev–Trinajstić information content (AvgIpc) is 2.42. The van der Waals surface area contributed by atoms with E-state index < -0.39 is 17.7 Å². The van der Waals surface area contributed by atoms with Crippen LogP contribution in [-0.4, -0.2) is 36.2 Å². The van der Waals surface area contributed by atoms with Gasteiger partial charge in [0.2, 0.25) is 0 Å². The molecule has 108 valence electrons. The summed E-state index contributed by atoms with van der Waals surface area (Å²) in [6, 6.07) is 3.56. The third kappa shape index (κ3) is 4.86. The third-order valence-electron chi connectivity index (χ3n) is 3.22. The van der Waals surface area contributed by atoms with Gasteiger partial charge in [0.25, 0.3) is 0 Å². The molecule has 0 aliphatic rings. The monoisotopic (exact) mass is 272 g/mol. The lowest BCUT2D eigenvalue weighted by Gasteiger charge is -2.22. The van der Waals surface area contributed by atoms with E-state index in [2.05, 4.69) is 4.90 Å². The number of nitrogens with zero attached hydrogens (tertiary/aromatic N) is 1. The Labute approximate surface area is 113 Å². The highest BCUT2D eigenvalue weighted by Crippen LogP contribution is 2.20. The molecule has 0 saturated carbocycles. The van der Waals surface area contributed by atoms with Crippen LogP contribution in [0.25, 0.3) is 0 Å². The summed E-state index contributed by atoms with van der Waals surface area (Å²) in [5, 5.41) is 8.79. The molecule has 0 heterocycles. The fourth-order valence-electron chi connectivity index (χ4n) is 2.01.